The highest BCUT2D eigenvalue weighted by Gasteiger charge is 2.37. The first-order chi connectivity index (χ1) is 9.54. The highest BCUT2D eigenvalue weighted by molar-refractivity contribution is 7.92. The summed E-state index contributed by atoms with van der Waals surface area (Å²) in [4.78, 5) is -0.338. The second-order valence-corrected chi connectivity index (χ2v) is 9.48. The smallest absolute Gasteiger partial charge is 0.244 e. The van der Waals surface area contributed by atoms with Crippen molar-refractivity contribution in [2.45, 2.75) is 17.4 Å². The molecule has 6 nitrogen and oxygen atoms in total. The number of sulfone groups is 1. The first-order valence-corrected chi connectivity index (χ1v) is 9.61. The van der Waals surface area contributed by atoms with E-state index in [1.807, 2.05) is 0 Å². The fourth-order valence-electron chi connectivity index (χ4n) is 2.16. The molecule has 0 bridgehead atoms. The first-order valence-electron chi connectivity index (χ1n) is 5.97. The van der Waals surface area contributed by atoms with E-state index < -0.39 is 31.7 Å². The summed E-state index contributed by atoms with van der Waals surface area (Å²) < 4.78 is 62.1. The minimum atomic E-state index is -4.05. The predicted molar refractivity (Wildman–Crippen MR) is 77.8 cm³/mol. The quantitative estimate of drug-likeness (QED) is 0.810. The second kappa shape index (κ2) is 5.38. The molecule has 21 heavy (non-hydrogen) atoms. The van der Waals surface area contributed by atoms with Crippen LogP contribution in [0.5, 0.6) is 0 Å². The Balaban J connectivity index is 2.41. The van der Waals surface area contributed by atoms with Crippen LogP contribution in [0, 0.1) is 5.82 Å². The van der Waals surface area contributed by atoms with Gasteiger partial charge in [-0.1, -0.05) is 11.6 Å². The van der Waals surface area contributed by atoms with E-state index in [0.29, 0.717) is 0 Å². The summed E-state index contributed by atoms with van der Waals surface area (Å²) >= 11 is 5.77. The fourth-order valence-corrected chi connectivity index (χ4v) is 5.93. The van der Waals surface area contributed by atoms with Crippen LogP contribution in [-0.4, -0.2) is 45.7 Å². The van der Waals surface area contributed by atoms with Crippen LogP contribution in [0.4, 0.5) is 10.1 Å². The maximum Gasteiger partial charge on any atom is 0.244 e. The van der Waals surface area contributed by atoms with Gasteiger partial charge in [0.1, 0.15) is 10.7 Å². The van der Waals surface area contributed by atoms with E-state index in [4.69, 9.17) is 17.3 Å². The number of benzene rings is 1. The first kappa shape index (κ1) is 16.5. The van der Waals surface area contributed by atoms with Crippen LogP contribution in [0.2, 0.25) is 5.02 Å². The lowest BCUT2D eigenvalue weighted by molar-refractivity contribution is 0.394. The standard InChI is InChI=1S/C11H14ClFN2O4S2/c1-15(7-2-3-20(16,17)6-7)21(18,19)11-5-10(14)9(13)4-8(11)12/h4-5,7H,2-3,6,14H2,1H3. The summed E-state index contributed by atoms with van der Waals surface area (Å²) in [5.41, 5.74) is 5.03. The third-order valence-corrected chi connectivity index (χ3v) is 7.56. The van der Waals surface area contributed by atoms with Crippen molar-refractivity contribution in [2.24, 2.45) is 0 Å². The molecule has 1 atom stereocenters. The summed E-state index contributed by atoms with van der Waals surface area (Å²) in [5.74, 6) is -1.11. The van der Waals surface area contributed by atoms with Gasteiger partial charge in [-0.05, 0) is 18.6 Å². The molecule has 1 heterocycles. The Bertz CT molecular complexity index is 780. The molecule has 118 valence electrons. The Morgan fingerprint density at radius 3 is 2.57 bits per heavy atom. The second-order valence-electron chi connectivity index (χ2n) is 4.88. The lowest BCUT2D eigenvalue weighted by atomic mass is 10.3. The van der Waals surface area contributed by atoms with Gasteiger partial charge in [-0.3, -0.25) is 0 Å². The van der Waals surface area contributed by atoms with Gasteiger partial charge in [0.25, 0.3) is 0 Å². The molecule has 2 N–H and O–H groups in total. The number of halogens is 2. The number of hydrogen-bond acceptors (Lipinski definition) is 5. The normalized spacial score (nSPS) is 21.8. The Morgan fingerprint density at radius 1 is 1.43 bits per heavy atom. The van der Waals surface area contributed by atoms with E-state index in [2.05, 4.69) is 0 Å². The molecule has 1 aromatic rings. The van der Waals surface area contributed by atoms with Gasteiger partial charge in [-0.25, -0.2) is 21.2 Å². The number of sulfonamides is 1. The SMILES string of the molecule is CN(C1CCS(=O)(=O)C1)S(=O)(=O)c1cc(N)c(F)cc1Cl. The van der Waals surface area contributed by atoms with E-state index in [-0.39, 0.29) is 33.5 Å². The Kier molecular flexibility index (Phi) is 4.22. The van der Waals surface area contributed by atoms with Gasteiger partial charge < -0.3 is 5.73 Å². The molecule has 1 aliphatic rings. The van der Waals surface area contributed by atoms with E-state index in [1.54, 1.807) is 0 Å². The van der Waals surface area contributed by atoms with E-state index in [0.717, 1.165) is 16.4 Å². The van der Waals surface area contributed by atoms with Crippen LogP contribution in [0.15, 0.2) is 17.0 Å². The van der Waals surface area contributed by atoms with Crippen molar-refractivity contribution >= 4 is 37.1 Å². The predicted octanol–water partition coefficient (Wildman–Crippen LogP) is 0.869. The zero-order valence-corrected chi connectivity index (χ0v) is 13.5. The third-order valence-electron chi connectivity index (χ3n) is 3.43. The summed E-state index contributed by atoms with van der Waals surface area (Å²) in [6.07, 6.45) is 0.215. The van der Waals surface area contributed by atoms with Crippen LogP contribution in [-0.2, 0) is 19.9 Å². The maximum atomic E-state index is 13.3. The van der Waals surface area contributed by atoms with Crippen molar-refractivity contribution in [3.8, 4) is 0 Å². The highest BCUT2D eigenvalue weighted by Crippen LogP contribution is 2.30. The number of nitrogens with two attached hydrogens (primary N) is 1. The number of hydrogen-bond donors (Lipinski definition) is 1. The van der Waals surface area contributed by atoms with Crippen molar-refractivity contribution in [1.29, 1.82) is 0 Å². The molecule has 0 aromatic heterocycles. The summed E-state index contributed by atoms with van der Waals surface area (Å²) in [7, 11) is -6.01. The molecule has 0 amide bonds. The highest BCUT2D eigenvalue weighted by atomic mass is 35.5. The summed E-state index contributed by atoms with van der Waals surface area (Å²) in [6.45, 7) is 0. The number of rotatable bonds is 3. The summed E-state index contributed by atoms with van der Waals surface area (Å²) in [6, 6.07) is 1.10. The molecule has 0 spiro atoms. The Labute approximate surface area is 127 Å². The van der Waals surface area contributed by atoms with Gasteiger partial charge in [0.15, 0.2) is 9.84 Å². The minimum Gasteiger partial charge on any atom is -0.396 e. The molecule has 0 radical (unpaired) electrons. The molecular weight excluding hydrogens is 343 g/mol. The monoisotopic (exact) mass is 356 g/mol. The number of anilines is 1. The Morgan fingerprint density at radius 2 is 2.05 bits per heavy atom. The van der Waals surface area contributed by atoms with Crippen LogP contribution < -0.4 is 5.73 Å². The van der Waals surface area contributed by atoms with Gasteiger partial charge in [-0.2, -0.15) is 4.31 Å². The fraction of sp³-hybridized carbons (Fsp3) is 0.455. The molecule has 1 saturated heterocycles. The average Bonchev–Trinajstić information content (AvgIpc) is 2.73. The van der Waals surface area contributed by atoms with Crippen molar-refractivity contribution in [1.82, 2.24) is 4.31 Å². The molecule has 10 heteroatoms. The number of nitrogen functional groups attached to an aromatic ring is 1. The van der Waals surface area contributed by atoms with Gasteiger partial charge in [-0.15, -0.1) is 0 Å². The molecular formula is C11H14ClFN2O4S2. The molecule has 1 aromatic carbocycles. The molecule has 1 fully saturated rings. The van der Waals surface area contributed by atoms with Crippen molar-refractivity contribution in [3.63, 3.8) is 0 Å². The summed E-state index contributed by atoms with van der Waals surface area (Å²) in [5, 5.41) is -0.297. The lowest BCUT2D eigenvalue weighted by Crippen LogP contribution is -2.38. The Hall–Kier alpha value is -0.900. The minimum absolute atomic E-state index is 0.0587. The van der Waals surface area contributed by atoms with Crippen LogP contribution >= 0.6 is 11.6 Å². The van der Waals surface area contributed by atoms with Crippen LogP contribution in [0.25, 0.3) is 0 Å². The van der Waals surface area contributed by atoms with Gasteiger partial charge in [0.2, 0.25) is 10.0 Å². The molecule has 1 aliphatic heterocycles. The topological polar surface area (TPSA) is 97.5 Å². The maximum absolute atomic E-state index is 13.3. The molecule has 2 rings (SSSR count). The van der Waals surface area contributed by atoms with E-state index >= 15 is 0 Å². The van der Waals surface area contributed by atoms with Crippen molar-refractivity contribution in [3.05, 3.63) is 23.0 Å². The van der Waals surface area contributed by atoms with Crippen molar-refractivity contribution in [2.75, 3.05) is 24.3 Å². The zero-order chi connectivity index (χ0) is 16.0. The third kappa shape index (κ3) is 3.15. The molecule has 1 unspecified atom stereocenters. The van der Waals surface area contributed by atoms with Gasteiger partial charge >= 0.3 is 0 Å². The van der Waals surface area contributed by atoms with Crippen molar-refractivity contribution < 1.29 is 21.2 Å². The van der Waals surface area contributed by atoms with Crippen LogP contribution in [0.3, 0.4) is 0 Å². The number of nitrogens with zero attached hydrogens (tertiary/aromatic N) is 1. The van der Waals surface area contributed by atoms with E-state index in [9.17, 15) is 21.2 Å². The average molecular weight is 357 g/mol. The largest absolute Gasteiger partial charge is 0.396 e. The van der Waals surface area contributed by atoms with Crippen LogP contribution in [0.1, 0.15) is 6.42 Å². The van der Waals surface area contributed by atoms with E-state index in [1.165, 1.54) is 7.05 Å². The van der Waals surface area contributed by atoms with Gasteiger partial charge in [0.05, 0.1) is 22.2 Å². The molecule has 0 saturated carbocycles. The zero-order valence-electron chi connectivity index (χ0n) is 11.1. The van der Waals surface area contributed by atoms with Gasteiger partial charge in [0, 0.05) is 13.1 Å². The lowest BCUT2D eigenvalue weighted by Gasteiger charge is -2.23. The molecule has 0 aliphatic carbocycles.